The molecular weight excluding hydrogens is 384 g/mol. The fraction of sp³-hybridized carbons (Fsp3) is 0.350. The van der Waals surface area contributed by atoms with Gasteiger partial charge in [0.05, 0.1) is 13.7 Å². The van der Waals surface area contributed by atoms with Gasteiger partial charge in [-0.15, -0.1) is 15.3 Å². The minimum absolute atomic E-state index is 0.573. The predicted molar refractivity (Wildman–Crippen MR) is 109 cm³/mol. The molecule has 0 amide bonds. The summed E-state index contributed by atoms with van der Waals surface area (Å²) in [5.41, 5.74) is 1.64. The molecule has 0 bridgehead atoms. The number of piperazine rings is 1. The summed E-state index contributed by atoms with van der Waals surface area (Å²) in [4.78, 5) is 9.12. The van der Waals surface area contributed by atoms with Crippen molar-refractivity contribution in [2.24, 2.45) is 0 Å². The summed E-state index contributed by atoms with van der Waals surface area (Å²) in [5, 5.41) is 16.9. The van der Waals surface area contributed by atoms with Gasteiger partial charge >= 0.3 is 0 Å². The van der Waals surface area contributed by atoms with Gasteiger partial charge in [-0.05, 0) is 31.2 Å². The number of rotatable bonds is 5. The van der Waals surface area contributed by atoms with Crippen molar-refractivity contribution in [3.05, 3.63) is 48.1 Å². The minimum atomic E-state index is 0.573. The van der Waals surface area contributed by atoms with Crippen molar-refractivity contribution in [3.63, 3.8) is 0 Å². The number of hydrogen-bond acceptors (Lipinski definition) is 9. The molecule has 0 unspecified atom stereocenters. The monoisotopic (exact) mass is 406 g/mol. The Morgan fingerprint density at radius 1 is 1.07 bits per heavy atom. The van der Waals surface area contributed by atoms with Gasteiger partial charge in [0.1, 0.15) is 11.6 Å². The van der Waals surface area contributed by atoms with Crippen LogP contribution in [-0.4, -0.2) is 68.1 Å². The molecule has 0 aliphatic carbocycles. The number of benzene rings is 1. The van der Waals surface area contributed by atoms with Crippen molar-refractivity contribution < 1.29 is 9.26 Å². The van der Waals surface area contributed by atoms with E-state index in [4.69, 9.17) is 9.26 Å². The number of methoxy groups -OCH3 is 1. The molecule has 10 nitrogen and oxygen atoms in total. The van der Waals surface area contributed by atoms with E-state index in [0.29, 0.717) is 18.3 Å². The molecule has 10 heteroatoms. The SMILES string of the molecule is COc1cccc(-c2noc(CN3CCN(c4ccc5nnc(C)n5n4)CC3)n2)c1. The zero-order valence-electron chi connectivity index (χ0n) is 16.9. The molecule has 0 radical (unpaired) electrons. The first-order chi connectivity index (χ1) is 14.7. The van der Waals surface area contributed by atoms with Crippen LogP contribution in [-0.2, 0) is 6.54 Å². The zero-order valence-corrected chi connectivity index (χ0v) is 16.9. The first kappa shape index (κ1) is 18.5. The van der Waals surface area contributed by atoms with Gasteiger partial charge in [0.25, 0.3) is 0 Å². The van der Waals surface area contributed by atoms with Crippen LogP contribution in [0.15, 0.2) is 40.9 Å². The Bertz CT molecular complexity index is 1160. The maximum Gasteiger partial charge on any atom is 0.241 e. The molecule has 5 rings (SSSR count). The Morgan fingerprint density at radius 3 is 2.77 bits per heavy atom. The number of hydrogen-bond donors (Lipinski definition) is 0. The highest BCUT2D eigenvalue weighted by Gasteiger charge is 2.21. The number of aryl methyl sites for hydroxylation is 1. The second-order valence-corrected chi connectivity index (χ2v) is 7.22. The van der Waals surface area contributed by atoms with Crippen molar-refractivity contribution in [1.82, 2.24) is 34.9 Å². The average molecular weight is 406 g/mol. The van der Waals surface area contributed by atoms with Crippen molar-refractivity contribution in [2.75, 3.05) is 38.2 Å². The van der Waals surface area contributed by atoms with Crippen LogP contribution < -0.4 is 9.64 Å². The van der Waals surface area contributed by atoms with Crippen molar-refractivity contribution in [2.45, 2.75) is 13.5 Å². The molecule has 0 atom stereocenters. The molecule has 4 heterocycles. The highest BCUT2D eigenvalue weighted by atomic mass is 16.5. The lowest BCUT2D eigenvalue weighted by atomic mass is 10.2. The largest absolute Gasteiger partial charge is 0.497 e. The van der Waals surface area contributed by atoms with Crippen LogP contribution in [0, 0.1) is 6.92 Å². The summed E-state index contributed by atoms with van der Waals surface area (Å²) < 4.78 is 12.5. The molecule has 1 fully saturated rings. The summed E-state index contributed by atoms with van der Waals surface area (Å²) in [6.45, 7) is 6.04. The molecule has 30 heavy (non-hydrogen) atoms. The Kier molecular flexibility index (Phi) is 4.75. The molecule has 0 spiro atoms. The quantitative estimate of drug-likeness (QED) is 0.491. The molecule has 4 aromatic rings. The molecule has 1 saturated heterocycles. The van der Waals surface area contributed by atoms with Gasteiger partial charge in [-0.1, -0.05) is 17.3 Å². The van der Waals surface area contributed by atoms with Gasteiger partial charge in [0.15, 0.2) is 11.5 Å². The van der Waals surface area contributed by atoms with Crippen molar-refractivity contribution in [1.29, 1.82) is 0 Å². The third-order valence-electron chi connectivity index (χ3n) is 5.26. The van der Waals surface area contributed by atoms with Gasteiger partial charge in [0, 0.05) is 31.7 Å². The molecule has 0 N–H and O–H groups in total. The lowest BCUT2D eigenvalue weighted by Crippen LogP contribution is -2.46. The van der Waals surface area contributed by atoms with Crippen molar-refractivity contribution in [3.8, 4) is 17.1 Å². The van der Waals surface area contributed by atoms with E-state index in [1.54, 1.807) is 11.6 Å². The van der Waals surface area contributed by atoms with E-state index < -0.39 is 0 Å². The summed E-state index contributed by atoms with van der Waals surface area (Å²) in [7, 11) is 1.64. The predicted octanol–water partition coefficient (Wildman–Crippen LogP) is 1.81. The molecule has 0 saturated carbocycles. The molecule has 154 valence electrons. The Labute approximate surface area is 173 Å². The number of fused-ring (bicyclic) bond motifs is 1. The first-order valence-corrected chi connectivity index (χ1v) is 9.83. The van der Waals surface area contributed by atoms with Crippen LogP contribution >= 0.6 is 0 Å². The molecule has 1 aliphatic rings. The fourth-order valence-corrected chi connectivity index (χ4v) is 3.58. The second kappa shape index (κ2) is 7.71. The molecule has 1 aliphatic heterocycles. The van der Waals surface area contributed by atoms with E-state index in [2.05, 4.69) is 35.2 Å². The van der Waals surface area contributed by atoms with Crippen LogP contribution in [0.4, 0.5) is 5.82 Å². The Morgan fingerprint density at radius 2 is 1.93 bits per heavy atom. The highest BCUT2D eigenvalue weighted by Crippen LogP contribution is 2.22. The lowest BCUT2D eigenvalue weighted by Gasteiger charge is -2.34. The topological polar surface area (TPSA) is 97.7 Å². The van der Waals surface area contributed by atoms with E-state index in [-0.39, 0.29) is 0 Å². The average Bonchev–Trinajstić information content (AvgIpc) is 3.41. The van der Waals surface area contributed by atoms with Gasteiger partial charge in [-0.2, -0.15) is 9.50 Å². The third kappa shape index (κ3) is 3.57. The maximum atomic E-state index is 5.47. The van der Waals surface area contributed by atoms with Gasteiger partial charge in [-0.3, -0.25) is 4.90 Å². The van der Waals surface area contributed by atoms with Crippen LogP contribution in [0.1, 0.15) is 11.7 Å². The lowest BCUT2D eigenvalue weighted by molar-refractivity contribution is 0.215. The minimum Gasteiger partial charge on any atom is -0.497 e. The smallest absolute Gasteiger partial charge is 0.241 e. The number of anilines is 1. The van der Waals surface area contributed by atoms with E-state index in [1.807, 2.05) is 43.3 Å². The summed E-state index contributed by atoms with van der Waals surface area (Å²) in [6, 6.07) is 11.6. The van der Waals surface area contributed by atoms with Crippen LogP contribution in [0.25, 0.3) is 17.0 Å². The van der Waals surface area contributed by atoms with E-state index >= 15 is 0 Å². The summed E-state index contributed by atoms with van der Waals surface area (Å²) in [5.74, 6) is 3.67. The van der Waals surface area contributed by atoms with Crippen LogP contribution in [0.2, 0.25) is 0 Å². The first-order valence-electron chi connectivity index (χ1n) is 9.83. The van der Waals surface area contributed by atoms with Crippen LogP contribution in [0.5, 0.6) is 5.75 Å². The van der Waals surface area contributed by atoms with E-state index in [1.165, 1.54) is 0 Å². The standard InChI is InChI=1S/C20H22N8O2/c1-14-22-23-17-6-7-18(24-28(14)17)27-10-8-26(9-11-27)13-19-21-20(25-30-19)15-4-3-5-16(12-15)29-2/h3-7,12H,8-11,13H2,1-2H3. The number of ether oxygens (including phenoxy) is 1. The molecule has 3 aromatic heterocycles. The second-order valence-electron chi connectivity index (χ2n) is 7.22. The van der Waals surface area contributed by atoms with Gasteiger partial charge in [0.2, 0.25) is 11.7 Å². The zero-order chi connectivity index (χ0) is 20.5. The van der Waals surface area contributed by atoms with Gasteiger partial charge in [-0.25, -0.2) is 0 Å². The van der Waals surface area contributed by atoms with Crippen LogP contribution in [0.3, 0.4) is 0 Å². The normalized spacial score (nSPS) is 15.1. The number of nitrogens with zero attached hydrogens (tertiary/aromatic N) is 8. The highest BCUT2D eigenvalue weighted by molar-refractivity contribution is 5.56. The van der Waals surface area contributed by atoms with Gasteiger partial charge < -0.3 is 14.2 Å². The summed E-state index contributed by atoms with van der Waals surface area (Å²) >= 11 is 0. The Hall–Kier alpha value is -3.53. The Balaban J connectivity index is 1.22. The van der Waals surface area contributed by atoms with E-state index in [9.17, 15) is 0 Å². The summed E-state index contributed by atoms with van der Waals surface area (Å²) in [6.07, 6.45) is 0. The third-order valence-corrected chi connectivity index (χ3v) is 5.26. The maximum absolute atomic E-state index is 5.47. The molecule has 1 aromatic carbocycles. The number of aromatic nitrogens is 6. The fourth-order valence-electron chi connectivity index (χ4n) is 3.58. The van der Waals surface area contributed by atoms with E-state index in [0.717, 1.165) is 54.8 Å². The molecular formula is C20H22N8O2. The van der Waals surface area contributed by atoms with Crippen molar-refractivity contribution >= 4 is 11.5 Å².